The van der Waals surface area contributed by atoms with Crippen molar-refractivity contribution in [3.63, 3.8) is 0 Å². The highest BCUT2D eigenvalue weighted by molar-refractivity contribution is 6.01. The predicted molar refractivity (Wildman–Crippen MR) is 144 cm³/mol. The fraction of sp³-hybridized carbons (Fsp3) is 0.414. The number of benzene rings is 2. The molecule has 2 N–H and O–H groups in total. The van der Waals surface area contributed by atoms with Gasteiger partial charge in [0, 0.05) is 43.7 Å². The lowest BCUT2D eigenvalue weighted by Crippen LogP contribution is -2.46. The maximum absolute atomic E-state index is 13.3. The molecule has 1 aliphatic heterocycles. The highest BCUT2D eigenvalue weighted by Gasteiger charge is 2.29. The normalized spacial score (nSPS) is 16.4. The second kappa shape index (κ2) is 8.64. The lowest BCUT2D eigenvalue weighted by atomic mass is 9.97. The number of aromatic nitrogens is 3. The number of amides is 2. The first-order valence-electron chi connectivity index (χ1n) is 13.1. The molecule has 0 unspecified atom stereocenters. The molecule has 8 heteroatoms. The molecule has 1 saturated carbocycles. The summed E-state index contributed by atoms with van der Waals surface area (Å²) in [6.07, 6.45) is 2.21. The van der Waals surface area contributed by atoms with Crippen molar-refractivity contribution in [2.24, 2.45) is 13.0 Å². The van der Waals surface area contributed by atoms with E-state index in [0.29, 0.717) is 18.7 Å². The molecule has 192 valence electrons. The van der Waals surface area contributed by atoms with Crippen molar-refractivity contribution in [2.75, 3.05) is 13.1 Å². The average molecular weight is 500 g/mol. The second-order valence-electron chi connectivity index (χ2n) is 10.9. The Bertz CT molecular complexity index is 1580. The van der Waals surface area contributed by atoms with Crippen LogP contribution in [0, 0.1) is 19.8 Å². The zero-order valence-corrected chi connectivity index (χ0v) is 21.8. The summed E-state index contributed by atoms with van der Waals surface area (Å²) in [7, 11) is 2.06. The first kappa shape index (κ1) is 23.6. The fourth-order valence-electron chi connectivity index (χ4n) is 5.78. The molecule has 1 aliphatic carbocycles. The van der Waals surface area contributed by atoms with Crippen molar-refractivity contribution in [1.82, 2.24) is 24.3 Å². The topological polar surface area (TPSA) is 92.4 Å². The summed E-state index contributed by atoms with van der Waals surface area (Å²) in [5.41, 5.74) is 8.53. The third kappa shape index (κ3) is 4.04. The van der Waals surface area contributed by atoms with Crippen LogP contribution in [0.1, 0.15) is 46.8 Å². The van der Waals surface area contributed by atoms with E-state index in [0.717, 1.165) is 47.0 Å². The molecular formula is C29H33N5O3. The zero-order valence-electron chi connectivity index (χ0n) is 21.8. The van der Waals surface area contributed by atoms with Crippen molar-refractivity contribution in [2.45, 2.75) is 52.6 Å². The Balaban J connectivity index is 1.42. The number of imidazole rings is 1. The largest absolute Gasteiger partial charge is 0.465 e. The molecule has 8 nitrogen and oxygen atoms in total. The van der Waals surface area contributed by atoms with Gasteiger partial charge in [0.1, 0.15) is 0 Å². The van der Waals surface area contributed by atoms with E-state index in [9.17, 15) is 9.59 Å². The molecule has 0 saturated heterocycles. The highest BCUT2D eigenvalue weighted by atomic mass is 16.4. The van der Waals surface area contributed by atoms with Gasteiger partial charge in [0.05, 0.1) is 22.2 Å². The molecule has 2 amide bonds. The van der Waals surface area contributed by atoms with Crippen molar-refractivity contribution < 1.29 is 14.7 Å². The Kier molecular flexibility index (Phi) is 5.51. The minimum absolute atomic E-state index is 0.0664. The number of hydrogen-bond donors (Lipinski definition) is 2. The van der Waals surface area contributed by atoms with Gasteiger partial charge >= 0.3 is 6.09 Å². The van der Waals surface area contributed by atoms with Crippen LogP contribution in [0.4, 0.5) is 4.79 Å². The van der Waals surface area contributed by atoms with Crippen LogP contribution in [0.2, 0.25) is 0 Å². The molecule has 2 aliphatic rings. The molecule has 2 aromatic heterocycles. The molecule has 6 rings (SSSR count). The molecule has 1 atom stereocenters. The molecule has 0 spiro atoms. The number of hydrogen-bond acceptors (Lipinski definition) is 3. The van der Waals surface area contributed by atoms with E-state index < -0.39 is 6.09 Å². The zero-order chi connectivity index (χ0) is 26.0. The number of fused-ring (bicyclic) bond motifs is 3. The van der Waals surface area contributed by atoms with Crippen molar-refractivity contribution in [3.05, 3.63) is 52.6 Å². The van der Waals surface area contributed by atoms with Gasteiger partial charge in [-0.15, -0.1) is 0 Å². The monoisotopic (exact) mass is 499 g/mol. The van der Waals surface area contributed by atoms with Crippen molar-refractivity contribution in [1.29, 1.82) is 0 Å². The number of nitrogens with zero attached hydrogens (tertiary/aromatic N) is 4. The van der Waals surface area contributed by atoms with E-state index >= 15 is 0 Å². The van der Waals surface area contributed by atoms with Gasteiger partial charge in [0.15, 0.2) is 5.82 Å². The van der Waals surface area contributed by atoms with E-state index in [4.69, 9.17) is 10.1 Å². The summed E-state index contributed by atoms with van der Waals surface area (Å²) >= 11 is 0. The molecule has 2 aromatic carbocycles. The van der Waals surface area contributed by atoms with Gasteiger partial charge in [0.25, 0.3) is 5.91 Å². The number of aryl methyl sites for hydroxylation is 3. The molecule has 37 heavy (non-hydrogen) atoms. The molecule has 0 bridgehead atoms. The van der Waals surface area contributed by atoms with Crippen LogP contribution in [0.25, 0.3) is 33.5 Å². The average Bonchev–Trinajstić information content (AvgIpc) is 3.52. The van der Waals surface area contributed by atoms with Crippen molar-refractivity contribution >= 4 is 33.9 Å². The van der Waals surface area contributed by atoms with Crippen LogP contribution in [0.3, 0.4) is 0 Å². The predicted octanol–water partition coefficient (Wildman–Crippen LogP) is 4.88. The second-order valence-corrected chi connectivity index (χ2v) is 10.9. The molecule has 3 heterocycles. The van der Waals surface area contributed by atoms with Crippen LogP contribution in [0.5, 0.6) is 0 Å². The van der Waals surface area contributed by atoms with E-state index in [-0.39, 0.29) is 11.9 Å². The first-order chi connectivity index (χ1) is 17.7. The van der Waals surface area contributed by atoms with Gasteiger partial charge in [-0.2, -0.15) is 0 Å². The Morgan fingerprint density at radius 2 is 2.00 bits per heavy atom. The highest BCUT2D eigenvalue weighted by Crippen LogP contribution is 2.38. The van der Waals surface area contributed by atoms with Crippen LogP contribution in [0.15, 0.2) is 30.3 Å². The minimum Gasteiger partial charge on any atom is -0.465 e. The Morgan fingerprint density at radius 3 is 2.73 bits per heavy atom. The summed E-state index contributed by atoms with van der Waals surface area (Å²) in [6, 6.07) is 10.3. The van der Waals surface area contributed by atoms with Gasteiger partial charge in [-0.25, -0.2) is 9.78 Å². The smallest absolute Gasteiger partial charge is 0.404 e. The summed E-state index contributed by atoms with van der Waals surface area (Å²) in [5, 5.41) is 12.7. The van der Waals surface area contributed by atoms with E-state index in [1.165, 1.54) is 34.9 Å². The Morgan fingerprint density at radius 1 is 1.22 bits per heavy atom. The third-order valence-corrected chi connectivity index (χ3v) is 8.09. The van der Waals surface area contributed by atoms with Crippen LogP contribution >= 0.6 is 0 Å². The first-order valence-corrected chi connectivity index (χ1v) is 13.1. The van der Waals surface area contributed by atoms with Crippen LogP contribution in [-0.4, -0.2) is 55.3 Å². The van der Waals surface area contributed by atoms with Gasteiger partial charge < -0.3 is 24.5 Å². The Labute approximate surface area is 215 Å². The van der Waals surface area contributed by atoms with E-state index in [1.807, 2.05) is 6.07 Å². The summed E-state index contributed by atoms with van der Waals surface area (Å²) < 4.78 is 4.62. The summed E-state index contributed by atoms with van der Waals surface area (Å²) in [5.74, 6) is 1.57. The molecular weight excluding hydrogens is 466 g/mol. The van der Waals surface area contributed by atoms with Crippen LogP contribution in [-0.2, 0) is 20.0 Å². The number of carbonyl (C=O) groups is 2. The van der Waals surface area contributed by atoms with Crippen molar-refractivity contribution in [3.8, 4) is 11.5 Å². The quantitative estimate of drug-likeness (QED) is 0.396. The van der Waals surface area contributed by atoms with Crippen LogP contribution < -0.4 is 5.32 Å². The maximum atomic E-state index is 13.3. The van der Waals surface area contributed by atoms with E-state index in [2.05, 4.69) is 59.6 Å². The van der Waals surface area contributed by atoms with Gasteiger partial charge in [0.2, 0.25) is 0 Å². The van der Waals surface area contributed by atoms with Gasteiger partial charge in [-0.3, -0.25) is 4.79 Å². The molecule has 4 aromatic rings. The number of carboxylic acid groups (broad SMARTS) is 1. The molecule has 1 fully saturated rings. The lowest BCUT2D eigenvalue weighted by molar-refractivity contribution is 0.0723. The minimum atomic E-state index is -1.08. The maximum Gasteiger partial charge on any atom is 0.404 e. The Hall–Kier alpha value is -3.81. The summed E-state index contributed by atoms with van der Waals surface area (Å²) in [6.45, 7) is 8.06. The van der Waals surface area contributed by atoms with E-state index in [1.54, 1.807) is 11.8 Å². The standard InChI is InChI=1S/C29H33N5O3/c1-16-5-8-21-12-25(34(15-19-6-7-19)26(21)18(16)3)27-31-23-13-22-20(11-24(23)32(27)4)9-10-33(28(22)35)14-17(2)30-29(36)37/h5,8,11-13,17,19,30H,6-7,9-10,14-15H2,1-4H3,(H,36,37)/t17-/m1/s1. The number of rotatable bonds is 6. The van der Waals surface area contributed by atoms with Gasteiger partial charge in [-0.05, 0) is 80.8 Å². The number of nitrogens with one attached hydrogen (secondary N) is 1. The van der Waals surface area contributed by atoms with Gasteiger partial charge in [-0.1, -0.05) is 12.1 Å². The third-order valence-electron chi connectivity index (χ3n) is 8.09. The SMILES string of the molecule is Cc1ccc2cc(-c3nc4cc5c(cc4n3C)CCN(C[C@@H](C)NC(=O)O)C5=O)n(CC3CC3)c2c1C. The summed E-state index contributed by atoms with van der Waals surface area (Å²) in [4.78, 5) is 31.1. The number of carbonyl (C=O) groups excluding carboxylic acids is 1. The molecule has 0 radical (unpaired) electrons. The fourth-order valence-corrected chi connectivity index (χ4v) is 5.78. The lowest BCUT2D eigenvalue weighted by Gasteiger charge is -2.30.